The largest absolute Gasteiger partial charge is 0.497 e. The Balaban J connectivity index is 2.29. The van der Waals surface area contributed by atoms with E-state index in [2.05, 4.69) is 4.98 Å². The quantitative estimate of drug-likeness (QED) is 0.434. The average molecular weight is 434 g/mol. The van der Waals surface area contributed by atoms with Crippen LogP contribution in [0.25, 0.3) is 10.9 Å². The number of methoxy groups -OCH3 is 1. The summed E-state index contributed by atoms with van der Waals surface area (Å²) in [5.41, 5.74) is 7.05. The zero-order valence-corrected chi connectivity index (χ0v) is 17.2. The van der Waals surface area contributed by atoms with Crippen LogP contribution >= 0.6 is 23.2 Å². The van der Waals surface area contributed by atoms with Gasteiger partial charge in [0.1, 0.15) is 28.3 Å². The van der Waals surface area contributed by atoms with Gasteiger partial charge in [0.05, 0.1) is 36.6 Å². The molecule has 9 heteroatoms. The van der Waals surface area contributed by atoms with Crippen LogP contribution in [0.2, 0.25) is 5.15 Å². The second-order valence-electron chi connectivity index (χ2n) is 6.04. The van der Waals surface area contributed by atoms with Gasteiger partial charge in [-0.3, -0.25) is 0 Å². The zero-order chi connectivity index (χ0) is 21.1. The maximum atomic E-state index is 12.7. The minimum atomic E-state index is -0.933. The van der Waals surface area contributed by atoms with Crippen molar-refractivity contribution in [3.8, 4) is 11.8 Å². The van der Waals surface area contributed by atoms with Crippen molar-refractivity contribution >= 4 is 40.1 Å². The lowest BCUT2D eigenvalue weighted by atomic mass is 9.83. The van der Waals surface area contributed by atoms with Gasteiger partial charge in [-0.1, -0.05) is 11.6 Å². The van der Waals surface area contributed by atoms with Crippen molar-refractivity contribution in [2.75, 3.05) is 19.6 Å². The normalized spacial score (nSPS) is 16.4. The minimum absolute atomic E-state index is 0.0212. The van der Waals surface area contributed by atoms with Crippen LogP contribution in [0.3, 0.4) is 0 Å². The lowest BCUT2D eigenvalue weighted by Gasteiger charge is -2.27. The molecular formula is C20H17Cl2N3O4. The highest BCUT2D eigenvalue weighted by Gasteiger charge is 2.38. The number of hydrogen-bond acceptors (Lipinski definition) is 7. The molecule has 3 rings (SSSR count). The van der Waals surface area contributed by atoms with Gasteiger partial charge in [0, 0.05) is 10.9 Å². The van der Waals surface area contributed by atoms with Crippen molar-refractivity contribution < 1.29 is 19.0 Å². The van der Waals surface area contributed by atoms with E-state index in [0.29, 0.717) is 22.2 Å². The molecule has 1 aromatic carbocycles. The second kappa shape index (κ2) is 8.60. The summed E-state index contributed by atoms with van der Waals surface area (Å²) in [7, 11) is 1.55. The molecule has 150 valence electrons. The van der Waals surface area contributed by atoms with Crippen LogP contribution in [-0.4, -0.2) is 30.5 Å². The van der Waals surface area contributed by atoms with Gasteiger partial charge in [0.2, 0.25) is 5.88 Å². The Morgan fingerprint density at radius 1 is 1.41 bits per heavy atom. The van der Waals surface area contributed by atoms with Gasteiger partial charge in [0.15, 0.2) is 0 Å². The summed E-state index contributed by atoms with van der Waals surface area (Å²) in [5.74, 6) is -1.17. The summed E-state index contributed by atoms with van der Waals surface area (Å²) >= 11 is 12.4. The van der Waals surface area contributed by atoms with Crippen molar-refractivity contribution in [1.29, 1.82) is 5.26 Å². The number of nitrogens with zero attached hydrogens (tertiary/aromatic N) is 2. The number of alkyl halides is 1. The maximum Gasteiger partial charge on any atom is 0.338 e. The van der Waals surface area contributed by atoms with E-state index in [1.165, 1.54) is 0 Å². The van der Waals surface area contributed by atoms with E-state index in [0.717, 1.165) is 0 Å². The second-order valence-corrected chi connectivity index (χ2v) is 6.67. The predicted octanol–water partition coefficient (Wildman–Crippen LogP) is 3.76. The number of pyridine rings is 1. The summed E-state index contributed by atoms with van der Waals surface area (Å²) in [5, 5.41) is 10.5. The number of allylic oxidation sites excluding steroid dienone is 2. The number of hydrogen-bond donors (Lipinski definition) is 1. The zero-order valence-electron chi connectivity index (χ0n) is 15.7. The van der Waals surface area contributed by atoms with Gasteiger partial charge >= 0.3 is 5.97 Å². The van der Waals surface area contributed by atoms with Crippen LogP contribution in [0.4, 0.5) is 0 Å². The molecule has 0 saturated carbocycles. The number of halogens is 2. The number of ether oxygens (including phenoxy) is 3. The molecule has 0 bridgehead atoms. The number of fused-ring (bicyclic) bond motifs is 1. The van der Waals surface area contributed by atoms with Crippen molar-refractivity contribution in [2.45, 2.75) is 12.8 Å². The Bertz CT molecular complexity index is 1090. The molecule has 0 radical (unpaired) electrons. The molecule has 7 nitrogen and oxygen atoms in total. The summed E-state index contributed by atoms with van der Waals surface area (Å²) < 4.78 is 15.9. The molecule has 1 atom stereocenters. The number of nitriles is 1. The van der Waals surface area contributed by atoms with Crippen LogP contribution in [-0.2, 0) is 14.3 Å². The molecule has 2 aromatic rings. The fourth-order valence-corrected chi connectivity index (χ4v) is 3.59. The number of carbonyl (C=O) groups excluding carboxylic acids is 1. The lowest BCUT2D eigenvalue weighted by molar-refractivity contribution is -0.139. The first-order valence-electron chi connectivity index (χ1n) is 8.63. The Morgan fingerprint density at radius 2 is 2.17 bits per heavy atom. The molecule has 0 fully saturated rings. The SMILES string of the molecule is CCOC(=O)C1=C(CCl)OC(N)=C(C#N)C1c1cc2cc(OC)ccc2nc1Cl. The topological polar surface area (TPSA) is 107 Å². The first kappa shape index (κ1) is 20.8. The predicted molar refractivity (Wildman–Crippen MR) is 108 cm³/mol. The molecule has 1 aliphatic heterocycles. The van der Waals surface area contributed by atoms with E-state index in [1.807, 2.05) is 6.07 Å². The fourth-order valence-electron chi connectivity index (χ4n) is 3.14. The van der Waals surface area contributed by atoms with Crippen LogP contribution in [0.5, 0.6) is 5.75 Å². The Hall–Kier alpha value is -2.95. The number of rotatable bonds is 5. The van der Waals surface area contributed by atoms with Crippen molar-refractivity contribution in [2.24, 2.45) is 5.73 Å². The van der Waals surface area contributed by atoms with Crippen LogP contribution in [0.1, 0.15) is 18.4 Å². The number of benzene rings is 1. The number of aromatic nitrogens is 1. The average Bonchev–Trinajstić information content (AvgIpc) is 2.72. The van der Waals surface area contributed by atoms with E-state index in [4.69, 9.17) is 43.1 Å². The molecule has 0 amide bonds. The monoisotopic (exact) mass is 433 g/mol. The van der Waals surface area contributed by atoms with Gasteiger partial charge in [0.25, 0.3) is 0 Å². The fraction of sp³-hybridized carbons (Fsp3) is 0.250. The van der Waals surface area contributed by atoms with Crippen molar-refractivity contribution in [1.82, 2.24) is 4.98 Å². The molecule has 1 aliphatic rings. The Kier molecular flexibility index (Phi) is 6.16. The maximum absolute atomic E-state index is 12.7. The summed E-state index contributed by atoms with van der Waals surface area (Å²) in [6, 6.07) is 9.03. The highest BCUT2D eigenvalue weighted by molar-refractivity contribution is 6.31. The third-order valence-corrected chi connectivity index (χ3v) is 4.97. The molecule has 1 aromatic heterocycles. The third-order valence-electron chi connectivity index (χ3n) is 4.43. The number of esters is 1. The number of nitrogens with two attached hydrogens (primary N) is 1. The van der Waals surface area contributed by atoms with Crippen LogP contribution in [0.15, 0.2) is 47.1 Å². The smallest absolute Gasteiger partial charge is 0.338 e. The van der Waals surface area contributed by atoms with Gasteiger partial charge < -0.3 is 19.9 Å². The summed E-state index contributed by atoms with van der Waals surface area (Å²) in [6.45, 7) is 1.80. The first-order valence-corrected chi connectivity index (χ1v) is 9.54. The molecule has 0 aliphatic carbocycles. The molecule has 1 unspecified atom stereocenters. The van der Waals surface area contributed by atoms with Crippen molar-refractivity contribution in [3.05, 3.63) is 57.8 Å². The van der Waals surface area contributed by atoms with Crippen LogP contribution in [0, 0.1) is 11.3 Å². The number of carbonyl (C=O) groups is 1. The highest BCUT2D eigenvalue weighted by Crippen LogP contribution is 2.43. The van der Waals surface area contributed by atoms with E-state index >= 15 is 0 Å². The van der Waals surface area contributed by atoms with Crippen molar-refractivity contribution in [3.63, 3.8) is 0 Å². The molecule has 0 saturated heterocycles. The van der Waals surface area contributed by atoms with E-state index < -0.39 is 11.9 Å². The lowest BCUT2D eigenvalue weighted by Crippen LogP contribution is -2.27. The summed E-state index contributed by atoms with van der Waals surface area (Å²) in [4.78, 5) is 17.1. The Morgan fingerprint density at radius 3 is 2.79 bits per heavy atom. The Labute approximate surface area is 177 Å². The van der Waals surface area contributed by atoms with E-state index in [9.17, 15) is 10.1 Å². The highest BCUT2D eigenvalue weighted by atomic mass is 35.5. The van der Waals surface area contributed by atoms with Gasteiger partial charge in [-0.25, -0.2) is 9.78 Å². The molecule has 2 N–H and O–H groups in total. The van der Waals surface area contributed by atoms with Gasteiger partial charge in [-0.05, 0) is 31.2 Å². The molecule has 29 heavy (non-hydrogen) atoms. The first-order chi connectivity index (χ1) is 13.9. The van der Waals surface area contributed by atoms with E-state index in [-0.39, 0.29) is 40.4 Å². The minimum Gasteiger partial charge on any atom is -0.497 e. The molecule has 2 heterocycles. The van der Waals surface area contributed by atoms with Crippen LogP contribution < -0.4 is 10.5 Å². The molecule has 0 spiro atoms. The van der Waals surface area contributed by atoms with Gasteiger partial charge in [-0.2, -0.15) is 5.26 Å². The molecular weight excluding hydrogens is 417 g/mol. The van der Waals surface area contributed by atoms with E-state index in [1.54, 1.807) is 38.3 Å². The third kappa shape index (κ3) is 3.82. The van der Waals surface area contributed by atoms with Gasteiger partial charge in [-0.15, -0.1) is 11.6 Å². The standard InChI is InChI=1S/C20H17Cl2N3O4/c1-3-28-20(26)17-15(8-21)29-19(24)13(9-23)16(17)12-7-10-6-11(27-2)4-5-14(10)25-18(12)22/h4-7,16H,3,8,24H2,1-2H3. The summed E-state index contributed by atoms with van der Waals surface area (Å²) in [6.07, 6.45) is 0.